The van der Waals surface area contributed by atoms with Gasteiger partial charge >= 0.3 is 48.2 Å². The maximum absolute atomic E-state index is 5.01. The van der Waals surface area contributed by atoms with Gasteiger partial charge in [-0.1, -0.05) is 0 Å². The predicted octanol–water partition coefficient (Wildman–Crippen LogP) is 0.988. The Hall–Kier alpha value is 0.583. The molecule has 1 nitrogen and oxygen atoms in total. The van der Waals surface area contributed by atoms with Gasteiger partial charge in [0.15, 0.2) is 0 Å². The first-order valence-electron chi connectivity index (χ1n) is 2.28. The van der Waals surface area contributed by atoms with E-state index in [-0.39, 0.29) is 0 Å². The van der Waals surface area contributed by atoms with Crippen LogP contribution in [0.5, 0.6) is 0 Å². The van der Waals surface area contributed by atoms with E-state index in [4.69, 9.17) is 4.74 Å². The molecular weight excluding hydrogens is 129 g/mol. The number of ether oxygens (including phenoxy) is 1. The molecule has 2 heteroatoms. The fourth-order valence-electron chi connectivity index (χ4n) is 0.246. The normalized spacial score (nSPS) is 9.17. The molecule has 0 aromatic heterocycles. The number of hydrogen-bond acceptors (Lipinski definition) is 1. The van der Waals surface area contributed by atoms with E-state index in [1.807, 2.05) is 6.92 Å². The molecule has 0 N–H and O–H groups in total. The topological polar surface area (TPSA) is 9.23 Å². The molecule has 0 fully saturated rings. The van der Waals surface area contributed by atoms with E-state index in [1.165, 1.54) is 23.3 Å². The molecule has 0 aliphatic heterocycles. The first-order chi connectivity index (χ1) is 2.91. The third-order valence-corrected chi connectivity index (χ3v) is 1.10. The number of hydrogen-bond donors (Lipinski definition) is 0. The maximum atomic E-state index is 5.01. The monoisotopic (exact) mass is 137 g/mol. The van der Waals surface area contributed by atoms with Crippen LogP contribution in [0.3, 0.4) is 0 Å². The van der Waals surface area contributed by atoms with Crippen molar-refractivity contribution in [1.82, 2.24) is 0 Å². The molecule has 0 bridgehead atoms. The van der Waals surface area contributed by atoms with Crippen molar-refractivity contribution >= 4 is 0 Å². The third-order valence-electron chi connectivity index (χ3n) is 0.493. The summed E-state index contributed by atoms with van der Waals surface area (Å²) in [5.74, 6) is 0. The Morgan fingerprint density at radius 2 is 2.33 bits per heavy atom. The van der Waals surface area contributed by atoms with Crippen molar-refractivity contribution in [2.24, 2.45) is 0 Å². The van der Waals surface area contributed by atoms with Crippen LogP contribution >= 0.6 is 0 Å². The fraction of sp³-hybridized carbons (Fsp3) is 1.00. The van der Waals surface area contributed by atoms with Gasteiger partial charge in [-0.3, -0.25) is 0 Å². The zero-order valence-electron chi connectivity index (χ0n) is 4.24. The molecule has 6 heavy (non-hydrogen) atoms. The molecule has 0 radical (unpaired) electrons. The van der Waals surface area contributed by atoms with Crippen LogP contribution in [0, 0.1) is 0 Å². The first kappa shape index (κ1) is 6.58. The van der Waals surface area contributed by atoms with Gasteiger partial charge in [-0.2, -0.15) is 0 Å². The van der Waals surface area contributed by atoms with Crippen LogP contribution in [0.4, 0.5) is 0 Å². The van der Waals surface area contributed by atoms with Crippen LogP contribution in [0.2, 0.25) is 5.02 Å². The van der Waals surface area contributed by atoms with Crippen molar-refractivity contribution in [3.05, 3.63) is 0 Å². The molecule has 0 saturated heterocycles. The van der Waals surface area contributed by atoms with Crippen LogP contribution in [-0.2, 0) is 23.0 Å². The minimum absolute atomic E-state index is 0.875. The molecule has 0 aliphatic rings. The molecule has 0 atom stereocenters. The van der Waals surface area contributed by atoms with E-state index < -0.39 is 0 Å². The van der Waals surface area contributed by atoms with Crippen LogP contribution in [0.15, 0.2) is 0 Å². The Labute approximate surface area is 48.7 Å². The molecule has 0 rings (SSSR count). The Morgan fingerprint density at radius 3 is 2.50 bits per heavy atom. The van der Waals surface area contributed by atoms with Crippen LogP contribution in [-0.4, -0.2) is 13.2 Å². The molecular formula is C4H9OZn. The summed E-state index contributed by atoms with van der Waals surface area (Å²) in [5.41, 5.74) is 0. The second kappa shape index (κ2) is 5.58. The second-order valence-corrected chi connectivity index (χ2v) is 2.53. The average molecular weight is 139 g/mol. The summed E-state index contributed by atoms with van der Waals surface area (Å²) in [4.78, 5) is 0. The van der Waals surface area contributed by atoms with E-state index >= 15 is 0 Å². The zero-order chi connectivity index (χ0) is 4.83. The Kier molecular flexibility index (Phi) is 6.13. The average Bonchev–Trinajstić information content (AvgIpc) is 1.61. The molecule has 0 aromatic rings. The molecule has 0 unspecified atom stereocenters. The van der Waals surface area contributed by atoms with Crippen molar-refractivity contribution in [2.45, 2.75) is 11.9 Å². The summed E-state index contributed by atoms with van der Waals surface area (Å²) in [6, 6.07) is 0. The van der Waals surface area contributed by atoms with Crippen LogP contribution in [0.1, 0.15) is 6.92 Å². The van der Waals surface area contributed by atoms with E-state index in [2.05, 4.69) is 0 Å². The van der Waals surface area contributed by atoms with Gasteiger partial charge in [0.2, 0.25) is 0 Å². The SMILES string of the molecule is CCOC[CH2][Zn]. The predicted molar refractivity (Wildman–Crippen MR) is 21.3 cm³/mol. The summed E-state index contributed by atoms with van der Waals surface area (Å²) in [6.45, 7) is 3.87. The fourth-order valence-corrected chi connectivity index (χ4v) is 0.675. The van der Waals surface area contributed by atoms with Gasteiger partial charge in [0, 0.05) is 0 Å². The van der Waals surface area contributed by atoms with Crippen molar-refractivity contribution < 1.29 is 23.0 Å². The van der Waals surface area contributed by atoms with Gasteiger partial charge in [0.1, 0.15) is 0 Å². The summed E-state index contributed by atoms with van der Waals surface area (Å²) < 4.78 is 5.01. The van der Waals surface area contributed by atoms with Crippen molar-refractivity contribution in [1.29, 1.82) is 0 Å². The molecule has 0 spiro atoms. The van der Waals surface area contributed by atoms with Crippen molar-refractivity contribution in [3.63, 3.8) is 0 Å². The standard InChI is InChI=1S/C4H9O.Zn/c1-3-5-4-2;/h1,3-4H2,2H3;. The van der Waals surface area contributed by atoms with Gasteiger partial charge in [0.25, 0.3) is 0 Å². The molecule has 0 amide bonds. The van der Waals surface area contributed by atoms with Crippen molar-refractivity contribution in [2.75, 3.05) is 13.2 Å². The van der Waals surface area contributed by atoms with E-state index in [1.54, 1.807) is 0 Å². The molecule has 0 aliphatic carbocycles. The molecule has 33 valence electrons. The van der Waals surface area contributed by atoms with Crippen LogP contribution < -0.4 is 0 Å². The summed E-state index contributed by atoms with van der Waals surface area (Å²) in [6.07, 6.45) is 0. The second-order valence-electron chi connectivity index (χ2n) is 1.05. The summed E-state index contributed by atoms with van der Waals surface area (Å²) in [5, 5.41) is 1.26. The van der Waals surface area contributed by atoms with Gasteiger partial charge in [-0.15, -0.1) is 0 Å². The Morgan fingerprint density at radius 1 is 1.67 bits per heavy atom. The zero-order valence-corrected chi connectivity index (χ0v) is 7.20. The van der Waals surface area contributed by atoms with Crippen molar-refractivity contribution in [3.8, 4) is 0 Å². The van der Waals surface area contributed by atoms with Gasteiger partial charge < -0.3 is 0 Å². The van der Waals surface area contributed by atoms with E-state index in [0.717, 1.165) is 13.2 Å². The Balaban J connectivity index is 2.34. The van der Waals surface area contributed by atoms with Gasteiger partial charge in [0.05, 0.1) is 0 Å². The third kappa shape index (κ3) is 4.58. The molecule has 0 heterocycles. The number of rotatable bonds is 3. The summed E-state index contributed by atoms with van der Waals surface area (Å²) in [7, 11) is 0. The molecule has 0 saturated carbocycles. The van der Waals surface area contributed by atoms with Gasteiger partial charge in [-0.25, -0.2) is 0 Å². The van der Waals surface area contributed by atoms with E-state index in [0.29, 0.717) is 0 Å². The Bertz CT molecular complexity index is 19.5. The molecule has 0 aromatic carbocycles. The first-order valence-corrected chi connectivity index (χ1v) is 4.38. The quantitative estimate of drug-likeness (QED) is 0.418. The van der Waals surface area contributed by atoms with Crippen LogP contribution in [0.25, 0.3) is 0 Å². The minimum atomic E-state index is 0.875. The summed E-state index contributed by atoms with van der Waals surface area (Å²) >= 11 is 1.36. The van der Waals surface area contributed by atoms with E-state index in [9.17, 15) is 0 Å². The van der Waals surface area contributed by atoms with Gasteiger partial charge in [-0.05, 0) is 0 Å².